The van der Waals surface area contributed by atoms with Gasteiger partial charge in [0.2, 0.25) is 0 Å². The topological polar surface area (TPSA) is 101 Å². The molecule has 2 rings (SSSR count). The Bertz CT molecular complexity index is 763. The van der Waals surface area contributed by atoms with Crippen molar-refractivity contribution in [2.75, 3.05) is 10.5 Å². The third-order valence-corrected chi connectivity index (χ3v) is 4.54. The minimum absolute atomic E-state index is 0.0738. The van der Waals surface area contributed by atoms with Gasteiger partial charge < -0.3 is 5.73 Å². The molecule has 1 aromatic heterocycles. The SMILES string of the molecule is CC(C)(C)c1cc(NS(=O)(=O)c2cc(Cl)ccc2N)n[nH]1. The molecule has 8 heteroatoms. The number of halogens is 1. The molecular formula is C13H17ClN4O2S. The number of hydrogen-bond donors (Lipinski definition) is 3. The Balaban J connectivity index is 2.34. The number of hydrogen-bond acceptors (Lipinski definition) is 4. The molecule has 114 valence electrons. The van der Waals surface area contributed by atoms with E-state index in [4.69, 9.17) is 17.3 Å². The number of nitrogens with one attached hydrogen (secondary N) is 2. The number of aromatic nitrogens is 2. The molecule has 0 saturated heterocycles. The lowest BCUT2D eigenvalue weighted by atomic mass is 9.92. The molecule has 0 unspecified atom stereocenters. The molecule has 2 aromatic rings. The fourth-order valence-electron chi connectivity index (χ4n) is 1.69. The summed E-state index contributed by atoms with van der Waals surface area (Å²) in [5.74, 6) is 0.208. The summed E-state index contributed by atoms with van der Waals surface area (Å²) in [6.07, 6.45) is 0. The molecular weight excluding hydrogens is 312 g/mol. The quantitative estimate of drug-likeness (QED) is 0.754. The second kappa shape index (κ2) is 5.23. The Hall–Kier alpha value is -1.73. The fraction of sp³-hybridized carbons (Fsp3) is 0.308. The van der Waals surface area contributed by atoms with Crippen LogP contribution in [-0.4, -0.2) is 18.6 Å². The van der Waals surface area contributed by atoms with E-state index in [1.807, 2.05) is 20.8 Å². The number of sulfonamides is 1. The lowest BCUT2D eigenvalue weighted by molar-refractivity contribution is 0.567. The largest absolute Gasteiger partial charge is 0.398 e. The van der Waals surface area contributed by atoms with Crippen LogP contribution in [-0.2, 0) is 15.4 Å². The van der Waals surface area contributed by atoms with Crippen molar-refractivity contribution in [3.05, 3.63) is 35.0 Å². The van der Waals surface area contributed by atoms with Crippen molar-refractivity contribution in [2.45, 2.75) is 31.1 Å². The van der Waals surface area contributed by atoms with E-state index in [0.717, 1.165) is 5.69 Å². The third-order valence-electron chi connectivity index (χ3n) is 2.89. The molecule has 4 N–H and O–H groups in total. The molecule has 0 spiro atoms. The highest BCUT2D eigenvalue weighted by molar-refractivity contribution is 7.92. The second-order valence-corrected chi connectivity index (χ2v) is 7.79. The Kier molecular flexibility index (Phi) is 3.90. The van der Waals surface area contributed by atoms with Crippen LogP contribution in [0.25, 0.3) is 0 Å². The normalized spacial score (nSPS) is 12.4. The zero-order chi connectivity index (χ0) is 15.8. The van der Waals surface area contributed by atoms with Crippen LogP contribution in [0.1, 0.15) is 26.5 Å². The summed E-state index contributed by atoms with van der Waals surface area (Å²) in [6, 6.07) is 5.93. The van der Waals surface area contributed by atoms with E-state index in [1.165, 1.54) is 18.2 Å². The van der Waals surface area contributed by atoms with E-state index in [9.17, 15) is 8.42 Å². The van der Waals surface area contributed by atoms with Gasteiger partial charge in [0.25, 0.3) is 10.0 Å². The molecule has 6 nitrogen and oxygen atoms in total. The third kappa shape index (κ3) is 3.48. The smallest absolute Gasteiger partial charge is 0.265 e. The van der Waals surface area contributed by atoms with Crippen molar-refractivity contribution < 1.29 is 8.42 Å². The summed E-state index contributed by atoms with van der Waals surface area (Å²) in [5.41, 5.74) is 6.48. The highest BCUT2D eigenvalue weighted by Crippen LogP contribution is 2.26. The lowest BCUT2D eigenvalue weighted by Gasteiger charge is -2.14. The average molecular weight is 329 g/mol. The van der Waals surface area contributed by atoms with E-state index in [2.05, 4.69) is 14.9 Å². The molecule has 1 heterocycles. The van der Waals surface area contributed by atoms with E-state index >= 15 is 0 Å². The van der Waals surface area contributed by atoms with Crippen LogP contribution in [0.4, 0.5) is 11.5 Å². The molecule has 0 amide bonds. The number of H-pyrrole nitrogens is 1. The summed E-state index contributed by atoms with van der Waals surface area (Å²) >= 11 is 5.82. The van der Waals surface area contributed by atoms with Gasteiger partial charge in [-0.15, -0.1) is 0 Å². The van der Waals surface area contributed by atoms with Crippen molar-refractivity contribution in [1.82, 2.24) is 10.2 Å². The van der Waals surface area contributed by atoms with Crippen molar-refractivity contribution in [3.63, 3.8) is 0 Å². The van der Waals surface area contributed by atoms with Gasteiger partial charge in [-0.3, -0.25) is 9.82 Å². The summed E-state index contributed by atoms with van der Waals surface area (Å²) in [4.78, 5) is -0.0738. The summed E-state index contributed by atoms with van der Waals surface area (Å²) < 4.78 is 27.0. The first kappa shape index (κ1) is 15.7. The number of nitrogens with two attached hydrogens (primary N) is 1. The van der Waals surface area contributed by atoms with Crippen LogP contribution in [0.2, 0.25) is 5.02 Å². The van der Waals surface area contributed by atoms with Crippen LogP contribution in [0.5, 0.6) is 0 Å². The van der Waals surface area contributed by atoms with Gasteiger partial charge in [-0.2, -0.15) is 5.10 Å². The maximum absolute atomic E-state index is 12.3. The second-order valence-electron chi connectivity index (χ2n) is 5.70. The number of nitrogen functional groups attached to an aromatic ring is 1. The van der Waals surface area contributed by atoms with E-state index in [-0.39, 0.29) is 21.8 Å². The predicted octanol–water partition coefficient (Wildman–Crippen LogP) is 2.74. The lowest BCUT2D eigenvalue weighted by Crippen LogP contribution is -2.15. The van der Waals surface area contributed by atoms with Gasteiger partial charge in [0.15, 0.2) is 5.82 Å². The van der Waals surface area contributed by atoms with E-state index in [1.54, 1.807) is 6.07 Å². The molecule has 0 aliphatic heterocycles. The van der Waals surface area contributed by atoms with Crippen molar-refractivity contribution in [1.29, 1.82) is 0 Å². The Morgan fingerprint density at radius 2 is 1.95 bits per heavy atom. The van der Waals surface area contributed by atoms with E-state index in [0.29, 0.717) is 5.02 Å². The molecule has 1 aromatic carbocycles. The van der Waals surface area contributed by atoms with Crippen molar-refractivity contribution in [3.8, 4) is 0 Å². The molecule has 0 aliphatic rings. The van der Waals surface area contributed by atoms with Crippen LogP contribution in [0.3, 0.4) is 0 Å². The first-order chi connectivity index (χ1) is 9.59. The van der Waals surface area contributed by atoms with Gasteiger partial charge in [-0.1, -0.05) is 32.4 Å². The zero-order valence-electron chi connectivity index (χ0n) is 11.9. The Labute approximate surface area is 128 Å². The molecule has 0 fully saturated rings. The van der Waals surface area contributed by atoms with Gasteiger partial charge in [-0.05, 0) is 18.2 Å². The van der Waals surface area contributed by atoms with Crippen molar-refractivity contribution >= 4 is 33.1 Å². The molecule has 0 saturated carbocycles. The minimum atomic E-state index is -3.84. The molecule has 0 bridgehead atoms. The number of aromatic amines is 1. The van der Waals surface area contributed by atoms with Gasteiger partial charge in [0, 0.05) is 22.2 Å². The summed E-state index contributed by atoms with van der Waals surface area (Å²) in [6.45, 7) is 5.98. The monoisotopic (exact) mass is 328 g/mol. The van der Waals surface area contributed by atoms with Crippen LogP contribution in [0, 0.1) is 0 Å². The molecule has 21 heavy (non-hydrogen) atoms. The first-order valence-electron chi connectivity index (χ1n) is 6.23. The predicted molar refractivity (Wildman–Crippen MR) is 84.0 cm³/mol. The number of nitrogens with zero attached hydrogens (tertiary/aromatic N) is 1. The standard InChI is InChI=1S/C13H17ClN4O2S/c1-13(2,3)11-7-12(17-16-11)18-21(19,20)10-6-8(14)4-5-9(10)15/h4-7H,15H2,1-3H3,(H2,16,17,18). The Morgan fingerprint density at radius 1 is 1.29 bits per heavy atom. The number of benzene rings is 1. The number of anilines is 2. The minimum Gasteiger partial charge on any atom is -0.398 e. The summed E-state index contributed by atoms with van der Waals surface area (Å²) in [7, 11) is -3.84. The van der Waals surface area contributed by atoms with Gasteiger partial charge >= 0.3 is 0 Å². The fourth-order valence-corrected chi connectivity index (χ4v) is 3.08. The molecule has 0 radical (unpaired) electrons. The summed E-state index contributed by atoms with van der Waals surface area (Å²) in [5, 5.41) is 7.06. The molecule has 0 aliphatic carbocycles. The first-order valence-corrected chi connectivity index (χ1v) is 8.09. The average Bonchev–Trinajstić information content (AvgIpc) is 2.79. The van der Waals surface area contributed by atoms with Gasteiger partial charge in [0.05, 0.1) is 5.69 Å². The maximum Gasteiger partial charge on any atom is 0.265 e. The molecule has 0 atom stereocenters. The van der Waals surface area contributed by atoms with E-state index < -0.39 is 10.0 Å². The van der Waals surface area contributed by atoms with Gasteiger partial charge in [0.1, 0.15) is 4.90 Å². The zero-order valence-corrected chi connectivity index (χ0v) is 13.5. The van der Waals surface area contributed by atoms with Crippen molar-refractivity contribution in [2.24, 2.45) is 0 Å². The van der Waals surface area contributed by atoms with Crippen LogP contribution in [0.15, 0.2) is 29.2 Å². The number of rotatable bonds is 3. The van der Waals surface area contributed by atoms with Crippen LogP contribution >= 0.6 is 11.6 Å². The van der Waals surface area contributed by atoms with Gasteiger partial charge in [-0.25, -0.2) is 8.42 Å². The highest BCUT2D eigenvalue weighted by atomic mass is 35.5. The highest BCUT2D eigenvalue weighted by Gasteiger charge is 2.22. The van der Waals surface area contributed by atoms with Crippen LogP contribution < -0.4 is 10.5 Å². The Morgan fingerprint density at radius 3 is 2.52 bits per heavy atom. The maximum atomic E-state index is 12.3.